The van der Waals surface area contributed by atoms with Gasteiger partial charge in [-0.25, -0.2) is 0 Å². The van der Waals surface area contributed by atoms with Gasteiger partial charge in [-0.1, -0.05) is 33.8 Å². The van der Waals surface area contributed by atoms with Crippen LogP contribution in [-0.4, -0.2) is 0 Å². The molecule has 0 heterocycles. The molecule has 1 aliphatic carbocycles. The summed E-state index contributed by atoms with van der Waals surface area (Å²) >= 11 is 0. The van der Waals surface area contributed by atoms with Crippen LogP contribution < -0.4 is 0 Å². The Hall–Kier alpha value is -0.260. The van der Waals surface area contributed by atoms with Crippen LogP contribution in [0.4, 0.5) is 0 Å². The number of allylic oxidation sites excluding steroid dienone is 1. The second kappa shape index (κ2) is 3.64. The van der Waals surface area contributed by atoms with Crippen LogP contribution >= 0.6 is 0 Å². The van der Waals surface area contributed by atoms with Crippen molar-refractivity contribution in [2.45, 2.75) is 34.1 Å². The maximum Gasteiger partial charge on any atom is -0.0205 e. The van der Waals surface area contributed by atoms with Gasteiger partial charge < -0.3 is 0 Å². The van der Waals surface area contributed by atoms with Crippen LogP contribution in [0.5, 0.6) is 0 Å². The van der Waals surface area contributed by atoms with E-state index in [2.05, 4.69) is 40.3 Å². The van der Waals surface area contributed by atoms with Gasteiger partial charge in [0.2, 0.25) is 0 Å². The Bertz CT molecular complexity index is 157. The summed E-state index contributed by atoms with van der Waals surface area (Å²) in [5.41, 5.74) is 0. The van der Waals surface area contributed by atoms with E-state index in [4.69, 9.17) is 0 Å². The Morgan fingerprint density at radius 1 is 1.25 bits per heavy atom. The van der Waals surface area contributed by atoms with Crippen LogP contribution in [0.15, 0.2) is 12.7 Å². The third kappa shape index (κ3) is 1.57. The maximum absolute atomic E-state index is 3.92. The number of hydrogen-bond donors (Lipinski definition) is 0. The van der Waals surface area contributed by atoms with Crippen LogP contribution in [-0.2, 0) is 0 Å². The average Bonchev–Trinajstić information content (AvgIpc) is 2.30. The van der Waals surface area contributed by atoms with Gasteiger partial charge in [0.05, 0.1) is 0 Å². The Kier molecular flexibility index (Phi) is 2.98. The molecular weight excluding hydrogens is 144 g/mol. The summed E-state index contributed by atoms with van der Waals surface area (Å²) in [7, 11) is 0. The normalized spacial score (nSPS) is 42.1. The van der Waals surface area contributed by atoms with Crippen LogP contribution in [0.2, 0.25) is 0 Å². The predicted molar refractivity (Wildman–Crippen MR) is 55.0 cm³/mol. The summed E-state index contributed by atoms with van der Waals surface area (Å²) < 4.78 is 0. The summed E-state index contributed by atoms with van der Waals surface area (Å²) in [5, 5.41) is 0. The summed E-state index contributed by atoms with van der Waals surface area (Å²) in [6.07, 6.45) is 3.52. The van der Waals surface area contributed by atoms with Crippen molar-refractivity contribution in [2.75, 3.05) is 0 Å². The van der Waals surface area contributed by atoms with E-state index < -0.39 is 0 Å². The third-order valence-electron chi connectivity index (χ3n) is 3.88. The molecule has 4 unspecified atom stereocenters. The van der Waals surface area contributed by atoms with Gasteiger partial charge in [0.25, 0.3) is 0 Å². The molecule has 0 heteroatoms. The minimum absolute atomic E-state index is 0.771. The smallest absolute Gasteiger partial charge is 0.0205 e. The summed E-state index contributed by atoms with van der Waals surface area (Å²) in [4.78, 5) is 0. The fraction of sp³-hybridized carbons (Fsp3) is 0.833. The summed E-state index contributed by atoms with van der Waals surface area (Å²) in [6, 6.07) is 0. The first-order chi connectivity index (χ1) is 5.57. The van der Waals surface area contributed by atoms with Crippen molar-refractivity contribution in [2.24, 2.45) is 29.6 Å². The first-order valence-electron chi connectivity index (χ1n) is 5.20. The lowest BCUT2D eigenvalue weighted by Crippen LogP contribution is -2.14. The molecule has 70 valence electrons. The van der Waals surface area contributed by atoms with E-state index in [-0.39, 0.29) is 0 Å². The number of hydrogen-bond acceptors (Lipinski definition) is 0. The van der Waals surface area contributed by atoms with Crippen molar-refractivity contribution in [3.8, 4) is 0 Å². The molecule has 1 fully saturated rings. The highest BCUT2D eigenvalue weighted by molar-refractivity contribution is 4.95. The monoisotopic (exact) mass is 166 g/mol. The summed E-state index contributed by atoms with van der Waals surface area (Å²) in [6.45, 7) is 13.4. The van der Waals surface area contributed by atoms with Gasteiger partial charge in [-0.05, 0) is 36.0 Å². The standard InChI is InChI=1S/C12H22/c1-6-11-7-12(8(2)3)10(5)9(11)4/h6,8-12H,1,7H2,2-5H3. The highest BCUT2D eigenvalue weighted by atomic mass is 14.4. The average molecular weight is 166 g/mol. The van der Waals surface area contributed by atoms with Crippen LogP contribution in [0.3, 0.4) is 0 Å². The molecule has 0 amide bonds. The lowest BCUT2D eigenvalue weighted by atomic mass is 9.84. The first kappa shape index (κ1) is 9.83. The van der Waals surface area contributed by atoms with E-state index in [0.717, 1.165) is 29.6 Å². The van der Waals surface area contributed by atoms with E-state index in [1.807, 2.05) is 0 Å². The van der Waals surface area contributed by atoms with Crippen molar-refractivity contribution in [3.63, 3.8) is 0 Å². The van der Waals surface area contributed by atoms with Crippen LogP contribution in [0.1, 0.15) is 34.1 Å². The second-order valence-electron chi connectivity index (χ2n) is 4.76. The van der Waals surface area contributed by atoms with E-state index in [1.54, 1.807) is 0 Å². The highest BCUT2D eigenvalue weighted by Crippen LogP contribution is 2.44. The Balaban J connectivity index is 2.66. The topological polar surface area (TPSA) is 0 Å². The molecule has 1 aliphatic rings. The Morgan fingerprint density at radius 2 is 1.83 bits per heavy atom. The number of rotatable bonds is 2. The van der Waals surface area contributed by atoms with Crippen molar-refractivity contribution in [3.05, 3.63) is 12.7 Å². The van der Waals surface area contributed by atoms with Crippen molar-refractivity contribution >= 4 is 0 Å². The molecule has 0 saturated heterocycles. The Morgan fingerprint density at radius 3 is 2.08 bits per heavy atom. The zero-order valence-electron chi connectivity index (χ0n) is 8.88. The molecule has 0 aliphatic heterocycles. The Labute approximate surface area is 77.1 Å². The lowest BCUT2D eigenvalue weighted by molar-refractivity contribution is 0.280. The lowest BCUT2D eigenvalue weighted by Gasteiger charge is -2.21. The molecule has 4 atom stereocenters. The second-order valence-corrected chi connectivity index (χ2v) is 4.76. The van der Waals surface area contributed by atoms with Gasteiger partial charge in [0, 0.05) is 0 Å². The molecule has 0 spiro atoms. The fourth-order valence-corrected chi connectivity index (χ4v) is 2.71. The molecule has 0 radical (unpaired) electrons. The zero-order valence-corrected chi connectivity index (χ0v) is 8.88. The summed E-state index contributed by atoms with van der Waals surface area (Å²) in [5.74, 6) is 4.26. The van der Waals surface area contributed by atoms with E-state index >= 15 is 0 Å². The molecular formula is C12H22. The zero-order chi connectivity index (χ0) is 9.30. The van der Waals surface area contributed by atoms with E-state index in [1.165, 1.54) is 6.42 Å². The maximum atomic E-state index is 3.92. The highest BCUT2D eigenvalue weighted by Gasteiger charge is 2.37. The van der Waals surface area contributed by atoms with E-state index in [0.29, 0.717) is 0 Å². The van der Waals surface area contributed by atoms with Crippen molar-refractivity contribution < 1.29 is 0 Å². The molecule has 1 saturated carbocycles. The van der Waals surface area contributed by atoms with Crippen molar-refractivity contribution in [1.82, 2.24) is 0 Å². The quantitative estimate of drug-likeness (QED) is 0.548. The molecule has 0 aromatic rings. The molecule has 0 aromatic carbocycles. The molecule has 0 bridgehead atoms. The minimum Gasteiger partial charge on any atom is -0.103 e. The third-order valence-corrected chi connectivity index (χ3v) is 3.88. The molecule has 0 N–H and O–H groups in total. The largest absolute Gasteiger partial charge is 0.103 e. The van der Waals surface area contributed by atoms with Gasteiger partial charge >= 0.3 is 0 Å². The van der Waals surface area contributed by atoms with Gasteiger partial charge in [-0.2, -0.15) is 0 Å². The fourth-order valence-electron chi connectivity index (χ4n) is 2.71. The van der Waals surface area contributed by atoms with Crippen LogP contribution in [0.25, 0.3) is 0 Å². The molecule has 0 aromatic heterocycles. The molecule has 0 nitrogen and oxygen atoms in total. The van der Waals surface area contributed by atoms with Gasteiger partial charge in [-0.3, -0.25) is 0 Å². The van der Waals surface area contributed by atoms with Gasteiger partial charge in [0.1, 0.15) is 0 Å². The van der Waals surface area contributed by atoms with Crippen molar-refractivity contribution in [1.29, 1.82) is 0 Å². The molecule has 12 heavy (non-hydrogen) atoms. The van der Waals surface area contributed by atoms with Gasteiger partial charge in [-0.15, -0.1) is 6.58 Å². The minimum atomic E-state index is 0.771. The SMILES string of the molecule is C=CC1CC(C(C)C)C(C)C1C. The first-order valence-corrected chi connectivity index (χ1v) is 5.20. The van der Waals surface area contributed by atoms with Crippen LogP contribution in [0, 0.1) is 29.6 Å². The van der Waals surface area contributed by atoms with E-state index in [9.17, 15) is 0 Å². The molecule has 1 rings (SSSR count). The predicted octanol–water partition coefficient (Wildman–Crippen LogP) is 3.74. The van der Waals surface area contributed by atoms with Gasteiger partial charge in [0.15, 0.2) is 0 Å².